The van der Waals surface area contributed by atoms with Gasteiger partial charge in [0.15, 0.2) is 18.7 Å². The Kier molecular flexibility index (Phi) is 14.6. The smallest absolute Gasteiger partial charge is 0.311 e. The molecule has 15 nitrogen and oxygen atoms in total. The van der Waals surface area contributed by atoms with Gasteiger partial charge in [0, 0.05) is 37.7 Å². The Morgan fingerprint density at radius 1 is 0.904 bits per heavy atom. The number of aliphatic hydroxyl groups excluding tert-OH is 3. The van der Waals surface area contributed by atoms with Gasteiger partial charge in [-0.15, -0.1) is 0 Å². The zero-order chi connectivity index (χ0) is 39.9. The number of hydroxylamine groups is 3. The molecule has 52 heavy (non-hydrogen) atoms. The molecule has 0 aromatic carbocycles. The van der Waals surface area contributed by atoms with E-state index >= 15 is 0 Å². The van der Waals surface area contributed by atoms with Crippen molar-refractivity contribution >= 4 is 11.8 Å². The molecule has 0 aromatic heterocycles. The number of carbonyl (C=O) groups is 2. The highest BCUT2D eigenvalue weighted by atomic mass is 16.7. The average Bonchev–Trinajstić information content (AvgIpc) is 3.05. The molecule has 3 aliphatic heterocycles. The molecular formula is C37H67NO14. The Bertz CT molecular complexity index is 1210. The second kappa shape index (κ2) is 16.8. The number of Topliss-reactive ketones (excluding diaryl/α,β-unsaturated/α-hetero) is 1. The van der Waals surface area contributed by atoms with Gasteiger partial charge in [0.25, 0.3) is 0 Å². The first-order chi connectivity index (χ1) is 23.7. The molecule has 0 bridgehead atoms. The molecule has 3 saturated heterocycles. The Morgan fingerprint density at radius 3 is 2.04 bits per heavy atom. The summed E-state index contributed by atoms with van der Waals surface area (Å²) in [7, 11) is 4.30. The summed E-state index contributed by atoms with van der Waals surface area (Å²) in [4.78, 5) is 27.9. The van der Waals surface area contributed by atoms with Gasteiger partial charge in [-0.2, -0.15) is 0 Å². The van der Waals surface area contributed by atoms with Gasteiger partial charge in [0.05, 0.1) is 61.7 Å². The number of nitrogens with zero attached hydrogens (tertiary/aromatic N) is 1. The number of carbonyl (C=O) groups excluding carboxylic acids is 2. The predicted molar refractivity (Wildman–Crippen MR) is 188 cm³/mol. The minimum absolute atomic E-state index is 0.0595. The van der Waals surface area contributed by atoms with Crippen molar-refractivity contribution in [2.24, 2.45) is 23.7 Å². The van der Waals surface area contributed by atoms with E-state index in [1.165, 1.54) is 42.0 Å². The molecule has 3 rings (SSSR count). The lowest BCUT2D eigenvalue weighted by Gasteiger charge is -2.51. The first-order valence-electron chi connectivity index (χ1n) is 18.7. The van der Waals surface area contributed by atoms with Gasteiger partial charge in [-0.05, 0) is 54.4 Å². The van der Waals surface area contributed by atoms with Crippen molar-refractivity contribution in [1.29, 1.82) is 0 Å². The summed E-state index contributed by atoms with van der Waals surface area (Å²) in [6.45, 7) is 15.9. The quantitative estimate of drug-likeness (QED) is 0.143. The molecule has 3 fully saturated rings. The number of cyclic esters (lactones) is 1. The number of likely N-dealkylation sites (N-methyl/N-ethyl adjacent to an activating group) is 1. The molecule has 0 spiro atoms. The van der Waals surface area contributed by atoms with Gasteiger partial charge in [-0.25, -0.2) is 0 Å². The van der Waals surface area contributed by atoms with Crippen LogP contribution in [0.5, 0.6) is 0 Å². The van der Waals surface area contributed by atoms with E-state index in [9.17, 15) is 40.3 Å². The number of ketones is 1. The van der Waals surface area contributed by atoms with E-state index in [1.54, 1.807) is 48.5 Å². The van der Waals surface area contributed by atoms with Crippen molar-refractivity contribution < 1.29 is 68.2 Å². The number of esters is 1. The van der Waals surface area contributed by atoms with Gasteiger partial charge in [-0.3, -0.25) is 9.59 Å². The van der Waals surface area contributed by atoms with Crippen molar-refractivity contribution in [3.63, 3.8) is 0 Å². The normalized spacial score (nSPS) is 49.2. The molecule has 0 saturated carbocycles. The second-order valence-electron chi connectivity index (χ2n) is 16.9. The molecule has 0 aliphatic carbocycles. The van der Waals surface area contributed by atoms with Gasteiger partial charge in [0.1, 0.15) is 29.6 Å². The highest BCUT2D eigenvalue weighted by Gasteiger charge is 2.54. The maximum Gasteiger partial charge on any atom is 0.311 e. The summed E-state index contributed by atoms with van der Waals surface area (Å²) >= 11 is 0. The zero-order valence-corrected chi connectivity index (χ0v) is 33.3. The Labute approximate surface area is 309 Å². The summed E-state index contributed by atoms with van der Waals surface area (Å²) in [5.41, 5.74) is -4.98. The predicted octanol–water partition coefficient (Wildman–Crippen LogP) is 1.80. The second-order valence-corrected chi connectivity index (χ2v) is 16.9. The van der Waals surface area contributed by atoms with Crippen molar-refractivity contribution in [2.75, 3.05) is 21.2 Å². The molecule has 0 amide bonds. The van der Waals surface area contributed by atoms with Crippen molar-refractivity contribution in [3.8, 4) is 0 Å². The fourth-order valence-electron chi connectivity index (χ4n) is 8.52. The summed E-state index contributed by atoms with van der Waals surface area (Å²) < 4.78 is 36.0. The van der Waals surface area contributed by atoms with E-state index < -0.39 is 124 Å². The maximum atomic E-state index is 14.1. The molecular weight excluding hydrogens is 682 g/mol. The van der Waals surface area contributed by atoms with Crippen LogP contribution in [0.25, 0.3) is 0 Å². The van der Waals surface area contributed by atoms with Crippen LogP contribution in [0.1, 0.15) is 94.9 Å². The van der Waals surface area contributed by atoms with Crippen molar-refractivity contribution in [1.82, 2.24) is 0 Å². The van der Waals surface area contributed by atoms with E-state index in [1.807, 2.05) is 0 Å². The topological polar surface area (TPSA) is 214 Å². The fourth-order valence-corrected chi connectivity index (χ4v) is 8.52. The van der Waals surface area contributed by atoms with Crippen LogP contribution in [0.2, 0.25) is 0 Å². The monoisotopic (exact) mass is 749 g/mol. The summed E-state index contributed by atoms with van der Waals surface area (Å²) in [6.07, 6.45) is -11.1. The summed E-state index contributed by atoms with van der Waals surface area (Å²) in [6, 6.07) is -0.828. The summed E-state index contributed by atoms with van der Waals surface area (Å²) in [5.74, 6) is -5.27. The number of rotatable bonds is 7. The Morgan fingerprint density at radius 2 is 1.50 bits per heavy atom. The van der Waals surface area contributed by atoms with E-state index in [2.05, 4.69) is 0 Å². The molecule has 2 unspecified atom stereocenters. The first-order valence-corrected chi connectivity index (χ1v) is 18.7. The van der Waals surface area contributed by atoms with Crippen molar-refractivity contribution in [2.45, 2.75) is 179 Å². The molecule has 3 aliphatic rings. The molecule has 0 radical (unpaired) electrons. The minimum Gasteiger partial charge on any atom is -0.633 e. The minimum atomic E-state index is -2.02. The van der Waals surface area contributed by atoms with Crippen LogP contribution in [0.15, 0.2) is 0 Å². The fraction of sp³-hybridized carbons (Fsp3) is 0.946. The van der Waals surface area contributed by atoms with Crippen LogP contribution >= 0.6 is 0 Å². The third-order valence-electron chi connectivity index (χ3n) is 12.0. The largest absolute Gasteiger partial charge is 0.633 e. The van der Waals surface area contributed by atoms with Gasteiger partial charge < -0.3 is 63.8 Å². The number of methoxy groups -OCH3 is 1. The maximum absolute atomic E-state index is 14.1. The van der Waals surface area contributed by atoms with Crippen LogP contribution in [0.3, 0.4) is 0 Å². The van der Waals surface area contributed by atoms with Crippen LogP contribution in [-0.4, -0.2) is 147 Å². The van der Waals surface area contributed by atoms with Crippen molar-refractivity contribution in [3.05, 3.63) is 5.21 Å². The molecule has 18 atom stereocenters. The number of quaternary nitrogens is 1. The number of aliphatic hydroxyl groups is 5. The highest BCUT2D eigenvalue weighted by molar-refractivity contribution is 5.83. The van der Waals surface area contributed by atoms with Crippen LogP contribution in [0.4, 0.5) is 0 Å². The molecule has 304 valence electrons. The standard InChI is InChI=1S/C37H67NO14/c1-14-25-37(10,45)30(41)20(4)27(39)18(2)16-35(8,44)32(52-34-28(40)24(38(11,12)46)15-19(3)48-34)21(5)29(22(6)33(43)50-25)51-26-17-36(9,47-13)31(42)23(7)49-26/h18-26,28-32,34,40-42,44-45H,14-17H2,1-13H3/t18-,19-,20+,21+,22-,23+,24+,25?,26+,28-,29?,30-,31+,32-,34+,35-,36-,37-/m1/s1. The van der Waals surface area contributed by atoms with Gasteiger partial charge in [0.2, 0.25) is 0 Å². The van der Waals surface area contributed by atoms with Gasteiger partial charge in [-0.1, -0.05) is 27.7 Å². The van der Waals surface area contributed by atoms with Gasteiger partial charge >= 0.3 is 5.97 Å². The van der Waals surface area contributed by atoms with E-state index in [4.69, 9.17) is 28.4 Å². The zero-order valence-electron chi connectivity index (χ0n) is 33.3. The van der Waals surface area contributed by atoms with Crippen LogP contribution < -0.4 is 0 Å². The molecule has 15 heteroatoms. The average molecular weight is 750 g/mol. The molecule has 3 heterocycles. The first kappa shape index (κ1) is 45.1. The third-order valence-corrected chi connectivity index (χ3v) is 12.0. The number of hydrogen-bond donors (Lipinski definition) is 5. The summed E-state index contributed by atoms with van der Waals surface area (Å²) in [5, 5.41) is 70.7. The number of ether oxygens (including phenoxy) is 6. The molecule has 0 aromatic rings. The Hall–Kier alpha value is -1.34. The lowest BCUT2D eigenvalue weighted by molar-refractivity contribution is -0.874. The Balaban J connectivity index is 2.20. The van der Waals surface area contributed by atoms with E-state index in [0.29, 0.717) is 0 Å². The number of hydrogen-bond acceptors (Lipinski definition) is 14. The SMILES string of the molecule is CCC1OC(=O)[C@H](C)C(O[C@H]2C[C@@](C)(OC)[C@@H](O)[C@H](C)O2)[C@H](C)[C@@H](O[C@@H]2O[C@H](C)C[C@H]([N+](C)(C)[O-])[C@H]2O)[C@](C)(O)C[C@@H](C)C(=O)[C@H](C)[C@@H](O)[C@]1(C)O. The third kappa shape index (κ3) is 9.54. The van der Waals surface area contributed by atoms with E-state index in [0.717, 1.165) is 0 Å². The highest BCUT2D eigenvalue weighted by Crippen LogP contribution is 2.41. The lowest BCUT2D eigenvalue weighted by atomic mass is 9.74. The van der Waals surface area contributed by atoms with Crippen LogP contribution in [-0.2, 0) is 38.0 Å². The lowest BCUT2D eigenvalue weighted by Crippen LogP contribution is -2.63. The van der Waals surface area contributed by atoms with Crippen LogP contribution in [0, 0.1) is 28.9 Å². The molecule has 5 N–H and O–H groups in total. The van der Waals surface area contributed by atoms with E-state index in [-0.39, 0.29) is 25.7 Å².